The summed E-state index contributed by atoms with van der Waals surface area (Å²) >= 11 is 0. The highest BCUT2D eigenvalue weighted by Gasteiger charge is 2.16. The van der Waals surface area contributed by atoms with Gasteiger partial charge in [0.15, 0.2) is 11.5 Å². The van der Waals surface area contributed by atoms with Crippen molar-refractivity contribution in [1.29, 1.82) is 0 Å². The highest BCUT2D eigenvalue weighted by Crippen LogP contribution is 2.32. The van der Waals surface area contributed by atoms with Crippen molar-refractivity contribution in [1.82, 2.24) is 4.90 Å². The molecule has 1 unspecified atom stereocenters. The van der Waals surface area contributed by atoms with Gasteiger partial charge in [0.2, 0.25) is 0 Å². The molecule has 21 heavy (non-hydrogen) atoms. The van der Waals surface area contributed by atoms with E-state index in [1.807, 2.05) is 12.1 Å². The second-order valence-electron chi connectivity index (χ2n) is 5.66. The molecule has 0 saturated heterocycles. The molecular formula is C17H28N2O2. The van der Waals surface area contributed by atoms with Gasteiger partial charge in [0.25, 0.3) is 0 Å². The Bertz CT molecular complexity index is 431. The number of fused-ring (bicyclic) bond motifs is 1. The third-order valence-electron chi connectivity index (χ3n) is 3.73. The number of hydrogen-bond donors (Lipinski definition) is 1. The van der Waals surface area contributed by atoms with Crippen LogP contribution in [0.2, 0.25) is 0 Å². The average Bonchev–Trinajstić information content (AvgIpc) is 2.72. The standard InChI is InChI=1S/C17H28N2O2/c1-3-8-19(9-4-2)13-15(18)14-6-7-16-17(12-14)21-11-5-10-20-16/h6-7,12,15H,3-5,8-11,13,18H2,1-2H3. The van der Waals surface area contributed by atoms with Crippen LogP contribution < -0.4 is 15.2 Å². The van der Waals surface area contributed by atoms with E-state index < -0.39 is 0 Å². The van der Waals surface area contributed by atoms with Crippen molar-refractivity contribution in [3.05, 3.63) is 23.8 Å². The summed E-state index contributed by atoms with van der Waals surface area (Å²) in [6.07, 6.45) is 3.25. The molecule has 0 aliphatic carbocycles. The van der Waals surface area contributed by atoms with Crippen LogP contribution in [-0.2, 0) is 0 Å². The van der Waals surface area contributed by atoms with E-state index in [9.17, 15) is 0 Å². The zero-order valence-electron chi connectivity index (χ0n) is 13.3. The first-order chi connectivity index (χ1) is 10.2. The van der Waals surface area contributed by atoms with E-state index in [0.29, 0.717) is 6.61 Å². The molecule has 4 heteroatoms. The second-order valence-corrected chi connectivity index (χ2v) is 5.66. The van der Waals surface area contributed by atoms with Crippen LogP contribution in [0.3, 0.4) is 0 Å². The van der Waals surface area contributed by atoms with Gasteiger partial charge in [0.05, 0.1) is 13.2 Å². The Morgan fingerprint density at radius 3 is 2.43 bits per heavy atom. The van der Waals surface area contributed by atoms with Gasteiger partial charge < -0.3 is 20.1 Å². The van der Waals surface area contributed by atoms with E-state index in [1.54, 1.807) is 0 Å². The molecular weight excluding hydrogens is 264 g/mol. The maximum Gasteiger partial charge on any atom is 0.161 e. The third kappa shape index (κ3) is 4.61. The van der Waals surface area contributed by atoms with Crippen LogP contribution >= 0.6 is 0 Å². The van der Waals surface area contributed by atoms with Crippen molar-refractivity contribution in [3.8, 4) is 11.5 Å². The molecule has 4 nitrogen and oxygen atoms in total. The average molecular weight is 292 g/mol. The van der Waals surface area contributed by atoms with Crippen molar-refractivity contribution in [2.45, 2.75) is 39.2 Å². The molecule has 0 amide bonds. The van der Waals surface area contributed by atoms with Gasteiger partial charge in [-0.15, -0.1) is 0 Å². The summed E-state index contributed by atoms with van der Waals surface area (Å²) in [5.74, 6) is 1.67. The fourth-order valence-electron chi connectivity index (χ4n) is 2.72. The van der Waals surface area contributed by atoms with E-state index in [0.717, 1.165) is 62.6 Å². The van der Waals surface area contributed by atoms with Gasteiger partial charge in [-0.1, -0.05) is 19.9 Å². The van der Waals surface area contributed by atoms with Gasteiger partial charge in [-0.3, -0.25) is 0 Å². The molecule has 0 fully saturated rings. The maximum absolute atomic E-state index is 6.39. The van der Waals surface area contributed by atoms with Gasteiger partial charge in [-0.05, 0) is 43.6 Å². The lowest BCUT2D eigenvalue weighted by Crippen LogP contribution is -2.33. The zero-order chi connectivity index (χ0) is 15.1. The first-order valence-electron chi connectivity index (χ1n) is 8.12. The molecule has 0 spiro atoms. The van der Waals surface area contributed by atoms with Crippen LogP contribution in [0.5, 0.6) is 11.5 Å². The topological polar surface area (TPSA) is 47.7 Å². The summed E-state index contributed by atoms with van der Waals surface area (Å²) in [7, 11) is 0. The van der Waals surface area contributed by atoms with Gasteiger partial charge in [0.1, 0.15) is 0 Å². The van der Waals surface area contributed by atoms with E-state index >= 15 is 0 Å². The minimum absolute atomic E-state index is 0.0141. The predicted octanol–water partition coefficient (Wildman–Crippen LogP) is 2.97. The molecule has 1 atom stereocenters. The number of nitrogens with two attached hydrogens (primary N) is 1. The summed E-state index contributed by atoms with van der Waals surface area (Å²) in [4.78, 5) is 2.44. The van der Waals surface area contributed by atoms with Crippen molar-refractivity contribution in [3.63, 3.8) is 0 Å². The van der Waals surface area contributed by atoms with Crippen LogP contribution in [0.4, 0.5) is 0 Å². The van der Waals surface area contributed by atoms with Crippen molar-refractivity contribution in [2.24, 2.45) is 5.73 Å². The molecule has 2 N–H and O–H groups in total. The highest BCUT2D eigenvalue weighted by atomic mass is 16.5. The largest absolute Gasteiger partial charge is 0.490 e. The number of ether oxygens (including phenoxy) is 2. The van der Waals surface area contributed by atoms with Gasteiger partial charge in [-0.2, -0.15) is 0 Å². The highest BCUT2D eigenvalue weighted by molar-refractivity contribution is 5.44. The molecule has 0 aromatic heterocycles. The molecule has 118 valence electrons. The summed E-state index contributed by atoms with van der Waals surface area (Å²) < 4.78 is 11.4. The molecule has 1 aromatic rings. The number of rotatable bonds is 7. The summed E-state index contributed by atoms with van der Waals surface area (Å²) in [6.45, 7) is 8.95. The lowest BCUT2D eigenvalue weighted by molar-refractivity contribution is 0.258. The molecule has 0 bridgehead atoms. The van der Waals surface area contributed by atoms with Crippen molar-refractivity contribution in [2.75, 3.05) is 32.8 Å². The molecule has 1 aliphatic rings. The number of hydrogen-bond acceptors (Lipinski definition) is 4. The first-order valence-corrected chi connectivity index (χ1v) is 8.12. The quantitative estimate of drug-likeness (QED) is 0.839. The van der Waals surface area contributed by atoms with Gasteiger partial charge >= 0.3 is 0 Å². The summed E-state index contributed by atoms with van der Waals surface area (Å²) in [5, 5.41) is 0. The van der Waals surface area contributed by atoms with Crippen LogP contribution in [0.15, 0.2) is 18.2 Å². The molecule has 1 heterocycles. The van der Waals surface area contributed by atoms with Crippen LogP contribution in [0.25, 0.3) is 0 Å². The third-order valence-corrected chi connectivity index (χ3v) is 3.73. The van der Waals surface area contributed by atoms with E-state index in [-0.39, 0.29) is 6.04 Å². The van der Waals surface area contributed by atoms with Crippen molar-refractivity contribution >= 4 is 0 Å². The minimum Gasteiger partial charge on any atom is -0.490 e. The Kier molecular flexibility index (Phi) is 6.33. The first kappa shape index (κ1) is 16.1. The Balaban J connectivity index is 2.04. The lowest BCUT2D eigenvalue weighted by Gasteiger charge is -2.25. The molecule has 0 saturated carbocycles. The summed E-state index contributed by atoms with van der Waals surface area (Å²) in [5.41, 5.74) is 7.51. The number of nitrogens with zero attached hydrogens (tertiary/aromatic N) is 1. The van der Waals surface area contributed by atoms with Gasteiger partial charge in [0, 0.05) is 19.0 Å². The molecule has 0 radical (unpaired) electrons. The smallest absolute Gasteiger partial charge is 0.161 e. The Hall–Kier alpha value is -1.26. The molecule has 1 aliphatic heterocycles. The summed E-state index contributed by atoms with van der Waals surface area (Å²) in [6, 6.07) is 6.11. The van der Waals surface area contributed by atoms with Crippen molar-refractivity contribution < 1.29 is 9.47 Å². The Labute approximate surface area is 128 Å². The van der Waals surface area contributed by atoms with E-state index in [1.165, 1.54) is 0 Å². The van der Waals surface area contributed by atoms with E-state index in [2.05, 4.69) is 24.8 Å². The Morgan fingerprint density at radius 1 is 1.10 bits per heavy atom. The fourth-order valence-corrected chi connectivity index (χ4v) is 2.72. The molecule has 2 rings (SSSR count). The molecule has 1 aromatic carbocycles. The SMILES string of the molecule is CCCN(CCC)CC(N)c1ccc2c(c1)OCCCO2. The second kappa shape index (κ2) is 8.25. The zero-order valence-corrected chi connectivity index (χ0v) is 13.3. The maximum atomic E-state index is 6.39. The minimum atomic E-state index is 0.0141. The van der Waals surface area contributed by atoms with E-state index in [4.69, 9.17) is 15.2 Å². The number of benzene rings is 1. The lowest BCUT2D eigenvalue weighted by atomic mass is 10.1. The fraction of sp³-hybridized carbons (Fsp3) is 0.647. The van der Waals surface area contributed by atoms with Gasteiger partial charge in [-0.25, -0.2) is 0 Å². The van der Waals surface area contributed by atoms with Crippen LogP contribution in [0, 0.1) is 0 Å². The monoisotopic (exact) mass is 292 g/mol. The van der Waals surface area contributed by atoms with Crippen LogP contribution in [-0.4, -0.2) is 37.7 Å². The normalized spacial score (nSPS) is 15.8. The predicted molar refractivity (Wildman–Crippen MR) is 86.0 cm³/mol. The Morgan fingerprint density at radius 2 is 1.76 bits per heavy atom. The van der Waals surface area contributed by atoms with Crippen LogP contribution in [0.1, 0.15) is 44.7 Å².